The summed E-state index contributed by atoms with van der Waals surface area (Å²) >= 11 is 0. The SMILES string of the molecule is Cc1ccc2c(c1)CN(C(=O)Nc1ccc3c(c1)CN(C1CCC(=O)NC1=O)C3=O)C2. The molecular formula is C23H22N4O4. The number of benzene rings is 2. The first-order valence-corrected chi connectivity index (χ1v) is 10.3. The summed E-state index contributed by atoms with van der Waals surface area (Å²) in [5, 5.41) is 5.22. The number of fused-ring (bicyclic) bond motifs is 2. The molecule has 5 rings (SSSR count). The Balaban J connectivity index is 1.28. The second-order valence-electron chi connectivity index (χ2n) is 8.33. The minimum Gasteiger partial charge on any atom is -0.322 e. The molecule has 3 aliphatic heterocycles. The predicted octanol–water partition coefficient (Wildman–Crippen LogP) is 2.30. The van der Waals surface area contributed by atoms with Crippen LogP contribution in [0.5, 0.6) is 0 Å². The minimum absolute atomic E-state index is 0.194. The Kier molecular flexibility index (Phi) is 4.50. The van der Waals surface area contributed by atoms with E-state index in [1.807, 2.05) is 13.0 Å². The standard InChI is InChI=1S/C23H22N4O4/c1-13-2-3-14-10-26(11-15(14)8-13)23(31)24-17-4-5-18-16(9-17)12-27(22(18)30)19-6-7-20(28)25-21(19)29/h2-5,8-9,19H,6-7,10-12H2,1H3,(H,24,31)(H,25,28,29). The van der Waals surface area contributed by atoms with Crippen molar-refractivity contribution < 1.29 is 19.2 Å². The van der Waals surface area contributed by atoms with Crippen LogP contribution in [0.3, 0.4) is 0 Å². The molecule has 0 aliphatic carbocycles. The van der Waals surface area contributed by atoms with Gasteiger partial charge in [-0.3, -0.25) is 19.7 Å². The van der Waals surface area contributed by atoms with Crippen LogP contribution in [0.2, 0.25) is 0 Å². The summed E-state index contributed by atoms with van der Waals surface area (Å²) in [7, 11) is 0. The van der Waals surface area contributed by atoms with Gasteiger partial charge in [-0.05, 0) is 48.2 Å². The molecule has 0 spiro atoms. The van der Waals surface area contributed by atoms with Crippen molar-refractivity contribution in [2.75, 3.05) is 5.32 Å². The summed E-state index contributed by atoms with van der Waals surface area (Å²) in [5.41, 5.74) is 5.37. The maximum absolute atomic E-state index is 12.8. The normalized spacial score (nSPS) is 19.9. The number of hydrogen-bond acceptors (Lipinski definition) is 4. The van der Waals surface area contributed by atoms with E-state index in [0.717, 1.165) is 16.7 Å². The van der Waals surface area contributed by atoms with Crippen molar-refractivity contribution in [3.63, 3.8) is 0 Å². The number of nitrogens with one attached hydrogen (secondary N) is 2. The van der Waals surface area contributed by atoms with E-state index in [4.69, 9.17) is 0 Å². The van der Waals surface area contributed by atoms with E-state index in [2.05, 4.69) is 22.8 Å². The molecule has 1 atom stereocenters. The third-order valence-corrected chi connectivity index (χ3v) is 6.15. The lowest BCUT2D eigenvalue weighted by atomic mass is 10.0. The molecule has 1 fully saturated rings. The first-order valence-electron chi connectivity index (χ1n) is 10.3. The Labute approximate surface area is 179 Å². The number of hydrogen-bond donors (Lipinski definition) is 2. The highest BCUT2D eigenvalue weighted by Gasteiger charge is 2.39. The van der Waals surface area contributed by atoms with E-state index in [0.29, 0.717) is 30.8 Å². The number of nitrogens with zero attached hydrogens (tertiary/aromatic N) is 2. The number of urea groups is 1. The molecular weight excluding hydrogens is 396 g/mol. The Morgan fingerprint density at radius 1 is 1.00 bits per heavy atom. The van der Waals surface area contributed by atoms with Gasteiger partial charge in [-0.15, -0.1) is 0 Å². The van der Waals surface area contributed by atoms with Crippen LogP contribution in [0.1, 0.15) is 45.5 Å². The van der Waals surface area contributed by atoms with Gasteiger partial charge in [0.2, 0.25) is 11.8 Å². The molecule has 158 valence electrons. The Hall–Kier alpha value is -3.68. The van der Waals surface area contributed by atoms with Crippen molar-refractivity contribution in [3.05, 3.63) is 64.2 Å². The number of amides is 5. The van der Waals surface area contributed by atoms with Crippen molar-refractivity contribution in [1.82, 2.24) is 15.1 Å². The van der Waals surface area contributed by atoms with E-state index in [-0.39, 0.29) is 30.8 Å². The zero-order valence-electron chi connectivity index (χ0n) is 17.1. The van der Waals surface area contributed by atoms with Gasteiger partial charge in [0, 0.05) is 37.3 Å². The molecule has 0 bridgehead atoms. The number of anilines is 1. The van der Waals surface area contributed by atoms with Crippen LogP contribution in [0.15, 0.2) is 36.4 Å². The molecule has 8 nitrogen and oxygen atoms in total. The van der Waals surface area contributed by atoms with Gasteiger partial charge >= 0.3 is 6.03 Å². The van der Waals surface area contributed by atoms with E-state index in [1.54, 1.807) is 23.1 Å². The molecule has 5 amide bonds. The van der Waals surface area contributed by atoms with Crippen molar-refractivity contribution >= 4 is 29.4 Å². The van der Waals surface area contributed by atoms with Crippen LogP contribution in [0, 0.1) is 6.92 Å². The van der Waals surface area contributed by atoms with E-state index >= 15 is 0 Å². The van der Waals surface area contributed by atoms with Crippen molar-refractivity contribution in [1.29, 1.82) is 0 Å². The van der Waals surface area contributed by atoms with Crippen LogP contribution >= 0.6 is 0 Å². The highest BCUT2D eigenvalue weighted by atomic mass is 16.2. The number of aryl methyl sites for hydroxylation is 1. The van der Waals surface area contributed by atoms with Crippen molar-refractivity contribution in [2.45, 2.75) is 45.4 Å². The summed E-state index contributed by atoms with van der Waals surface area (Å²) in [6, 6.07) is 10.5. The van der Waals surface area contributed by atoms with Gasteiger partial charge in [-0.1, -0.05) is 23.8 Å². The minimum atomic E-state index is -0.651. The molecule has 3 heterocycles. The fraction of sp³-hybridized carbons (Fsp3) is 0.304. The lowest BCUT2D eigenvalue weighted by Gasteiger charge is -2.29. The number of piperidine rings is 1. The van der Waals surface area contributed by atoms with Crippen LogP contribution in [-0.4, -0.2) is 39.6 Å². The molecule has 8 heteroatoms. The fourth-order valence-electron chi connectivity index (χ4n) is 4.52. The van der Waals surface area contributed by atoms with Gasteiger partial charge in [0.05, 0.1) is 0 Å². The highest BCUT2D eigenvalue weighted by molar-refractivity contribution is 6.05. The predicted molar refractivity (Wildman–Crippen MR) is 112 cm³/mol. The Morgan fingerprint density at radius 3 is 2.61 bits per heavy atom. The summed E-state index contributed by atoms with van der Waals surface area (Å²) in [5.74, 6) is -0.975. The van der Waals surface area contributed by atoms with Crippen molar-refractivity contribution in [3.8, 4) is 0 Å². The lowest BCUT2D eigenvalue weighted by molar-refractivity contribution is -0.136. The number of rotatable bonds is 2. The van der Waals surface area contributed by atoms with E-state index < -0.39 is 11.9 Å². The van der Waals surface area contributed by atoms with Gasteiger partial charge in [-0.2, -0.15) is 0 Å². The average molecular weight is 418 g/mol. The third kappa shape index (κ3) is 3.43. The molecule has 2 aromatic rings. The second kappa shape index (κ2) is 7.23. The van der Waals surface area contributed by atoms with Gasteiger partial charge in [0.1, 0.15) is 6.04 Å². The quantitative estimate of drug-likeness (QED) is 0.731. The highest BCUT2D eigenvalue weighted by Crippen LogP contribution is 2.30. The zero-order valence-corrected chi connectivity index (χ0v) is 17.1. The Morgan fingerprint density at radius 2 is 1.81 bits per heavy atom. The smallest absolute Gasteiger partial charge is 0.322 e. The van der Waals surface area contributed by atoms with Crippen LogP contribution in [-0.2, 0) is 29.2 Å². The first kappa shape index (κ1) is 19.3. The van der Waals surface area contributed by atoms with E-state index in [1.165, 1.54) is 10.5 Å². The second-order valence-corrected chi connectivity index (χ2v) is 8.33. The topological polar surface area (TPSA) is 98.8 Å². The van der Waals surface area contributed by atoms with Gasteiger partial charge in [-0.25, -0.2) is 4.79 Å². The zero-order chi connectivity index (χ0) is 21.7. The number of carbonyl (C=O) groups is 4. The number of carbonyl (C=O) groups excluding carboxylic acids is 4. The van der Waals surface area contributed by atoms with Gasteiger partial charge in [0.15, 0.2) is 0 Å². The van der Waals surface area contributed by atoms with Crippen LogP contribution in [0.4, 0.5) is 10.5 Å². The molecule has 1 unspecified atom stereocenters. The molecule has 0 radical (unpaired) electrons. The van der Waals surface area contributed by atoms with Gasteiger partial charge < -0.3 is 15.1 Å². The van der Waals surface area contributed by atoms with Crippen molar-refractivity contribution in [2.24, 2.45) is 0 Å². The maximum Gasteiger partial charge on any atom is 0.322 e. The molecule has 1 saturated heterocycles. The largest absolute Gasteiger partial charge is 0.322 e. The molecule has 2 N–H and O–H groups in total. The summed E-state index contributed by atoms with van der Waals surface area (Å²) < 4.78 is 0. The third-order valence-electron chi connectivity index (χ3n) is 6.15. The maximum atomic E-state index is 12.8. The average Bonchev–Trinajstić information content (AvgIpc) is 3.29. The fourth-order valence-corrected chi connectivity index (χ4v) is 4.52. The summed E-state index contributed by atoms with van der Waals surface area (Å²) in [6.45, 7) is 3.44. The molecule has 0 saturated carbocycles. The summed E-state index contributed by atoms with van der Waals surface area (Å²) in [6.07, 6.45) is 0.540. The molecule has 31 heavy (non-hydrogen) atoms. The van der Waals surface area contributed by atoms with Gasteiger partial charge in [0.25, 0.3) is 5.91 Å². The Bertz CT molecular complexity index is 1140. The molecule has 2 aromatic carbocycles. The monoisotopic (exact) mass is 418 g/mol. The molecule has 3 aliphatic rings. The molecule has 0 aromatic heterocycles. The van der Waals surface area contributed by atoms with E-state index in [9.17, 15) is 19.2 Å². The lowest BCUT2D eigenvalue weighted by Crippen LogP contribution is -2.52. The van der Waals surface area contributed by atoms with Crippen LogP contribution in [0.25, 0.3) is 0 Å². The number of imide groups is 1. The summed E-state index contributed by atoms with van der Waals surface area (Å²) in [4.78, 5) is 52.4. The van der Waals surface area contributed by atoms with Crippen LogP contribution < -0.4 is 10.6 Å². The first-order chi connectivity index (χ1) is 14.9.